The third-order valence-electron chi connectivity index (χ3n) is 3.32. The first-order valence-electron chi connectivity index (χ1n) is 6.15. The van der Waals surface area contributed by atoms with Gasteiger partial charge in [-0.3, -0.25) is 4.57 Å². The third kappa shape index (κ3) is 2.31. The number of fused-ring (bicyclic) bond motifs is 1. The number of nitrogen functional groups attached to an aromatic ring is 1. The minimum Gasteiger partial charge on any atom is -0.387 e. The van der Waals surface area contributed by atoms with E-state index in [-0.39, 0.29) is 23.4 Å². The Bertz CT molecular complexity index is 669. The van der Waals surface area contributed by atoms with Crippen LogP contribution in [0, 0.1) is 0 Å². The summed E-state index contributed by atoms with van der Waals surface area (Å²) in [5.74, 6) is 0.0890. The molecule has 10 heteroatoms. The average Bonchev–Trinajstić information content (AvgIpc) is 2.96. The van der Waals surface area contributed by atoms with Crippen molar-refractivity contribution < 1.29 is 19.0 Å². The van der Waals surface area contributed by atoms with Crippen LogP contribution in [0.5, 0.6) is 0 Å². The molecule has 0 bridgehead atoms. The fourth-order valence-corrected chi connectivity index (χ4v) is 2.50. The average molecular weight is 318 g/mol. The van der Waals surface area contributed by atoms with Crippen molar-refractivity contribution in [3.63, 3.8) is 0 Å². The van der Waals surface area contributed by atoms with Crippen LogP contribution in [0.25, 0.3) is 11.2 Å². The largest absolute Gasteiger partial charge is 0.387 e. The Morgan fingerprint density at radius 1 is 1.57 bits per heavy atom. The van der Waals surface area contributed by atoms with Crippen LogP contribution in [0.1, 0.15) is 6.23 Å². The van der Waals surface area contributed by atoms with Gasteiger partial charge >= 0.3 is 0 Å². The molecule has 114 valence electrons. The Morgan fingerprint density at radius 3 is 3.05 bits per heavy atom. The van der Waals surface area contributed by atoms with Crippen molar-refractivity contribution in [2.45, 2.75) is 24.6 Å². The molecule has 2 aromatic rings. The van der Waals surface area contributed by atoms with Crippen molar-refractivity contribution in [1.82, 2.24) is 19.5 Å². The number of hydrogen-bond acceptors (Lipinski definition) is 7. The number of halogens is 2. The molecule has 0 amide bonds. The summed E-state index contributed by atoms with van der Waals surface area (Å²) in [6.45, 7) is 0.0720. The number of aromatic nitrogens is 4. The van der Waals surface area contributed by atoms with E-state index < -0.39 is 24.6 Å². The van der Waals surface area contributed by atoms with E-state index in [1.807, 2.05) is 0 Å². The Kier molecular flexibility index (Phi) is 3.66. The molecule has 2 aromatic heterocycles. The Balaban J connectivity index is 2.01. The number of hydrogen-bond donors (Lipinski definition) is 2. The van der Waals surface area contributed by atoms with Crippen LogP contribution >= 0.6 is 11.6 Å². The molecule has 8 nitrogen and oxygen atoms in total. The molecule has 0 aromatic carbocycles. The first kappa shape index (κ1) is 14.4. The maximum Gasteiger partial charge on any atom is 0.226 e. The molecule has 0 saturated carbocycles. The van der Waals surface area contributed by atoms with Crippen molar-refractivity contribution in [2.24, 2.45) is 0 Å². The SMILES string of the molecule is COC[C@H]1OC(n2cnc3c(N)nc(Cl)nc32)[C@@H](F)[C@@H]1O. The van der Waals surface area contributed by atoms with Crippen LogP contribution in [0.3, 0.4) is 0 Å². The lowest BCUT2D eigenvalue weighted by Crippen LogP contribution is -2.31. The molecule has 1 fully saturated rings. The van der Waals surface area contributed by atoms with E-state index in [1.165, 1.54) is 18.0 Å². The van der Waals surface area contributed by atoms with Gasteiger partial charge in [-0.15, -0.1) is 0 Å². The van der Waals surface area contributed by atoms with Crippen LogP contribution in [0.15, 0.2) is 6.33 Å². The smallest absolute Gasteiger partial charge is 0.226 e. The summed E-state index contributed by atoms with van der Waals surface area (Å²) in [5, 5.41) is 9.76. The first-order chi connectivity index (χ1) is 10.0. The maximum atomic E-state index is 14.3. The predicted molar refractivity (Wildman–Crippen MR) is 71.4 cm³/mol. The number of aliphatic hydroxyl groups is 1. The molecule has 4 atom stereocenters. The lowest BCUT2D eigenvalue weighted by atomic mass is 10.1. The number of imidazole rings is 1. The molecule has 3 rings (SSSR count). The number of rotatable bonds is 3. The highest BCUT2D eigenvalue weighted by molar-refractivity contribution is 6.28. The molecule has 1 unspecified atom stereocenters. The summed E-state index contributed by atoms with van der Waals surface area (Å²) in [7, 11) is 1.44. The zero-order valence-corrected chi connectivity index (χ0v) is 11.7. The molecule has 1 aliphatic heterocycles. The van der Waals surface area contributed by atoms with Gasteiger partial charge in [0, 0.05) is 7.11 Å². The number of nitrogens with zero attached hydrogens (tertiary/aromatic N) is 4. The molecule has 3 heterocycles. The number of ether oxygens (including phenoxy) is 2. The number of alkyl halides is 1. The van der Waals surface area contributed by atoms with Gasteiger partial charge in [0.05, 0.1) is 12.9 Å². The fraction of sp³-hybridized carbons (Fsp3) is 0.545. The molecule has 3 N–H and O–H groups in total. The Morgan fingerprint density at radius 2 is 2.33 bits per heavy atom. The summed E-state index contributed by atoms with van der Waals surface area (Å²) in [6, 6.07) is 0. The third-order valence-corrected chi connectivity index (χ3v) is 3.49. The van der Waals surface area contributed by atoms with Crippen molar-refractivity contribution >= 4 is 28.6 Å². The first-order valence-corrected chi connectivity index (χ1v) is 6.52. The van der Waals surface area contributed by atoms with Crippen molar-refractivity contribution in [2.75, 3.05) is 19.5 Å². The van der Waals surface area contributed by atoms with Gasteiger partial charge in [0.15, 0.2) is 23.9 Å². The highest BCUT2D eigenvalue weighted by Crippen LogP contribution is 2.34. The quantitative estimate of drug-likeness (QED) is 0.784. The lowest BCUT2D eigenvalue weighted by Gasteiger charge is -2.15. The van der Waals surface area contributed by atoms with Crippen LogP contribution in [-0.4, -0.2) is 56.7 Å². The minimum atomic E-state index is -1.66. The van der Waals surface area contributed by atoms with E-state index >= 15 is 0 Å². The summed E-state index contributed by atoms with van der Waals surface area (Å²) >= 11 is 5.76. The molecule has 0 aliphatic carbocycles. The van der Waals surface area contributed by atoms with E-state index in [9.17, 15) is 9.50 Å². The second-order valence-electron chi connectivity index (χ2n) is 4.66. The van der Waals surface area contributed by atoms with E-state index in [2.05, 4.69) is 15.0 Å². The number of nitrogens with two attached hydrogens (primary N) is 1. The van der Waals surface area contributed by atoms with Crippen molar-refractivity contribution in [3.05, 3.63) is 11.6 Å². The summed E-state index contributed by atoms with van der Waals surface area (Å²) in [5.41, 5.74) is 6.22. The molecule has 1 saturated heterocycles. The predicted octanol–water partition coefficient (Wildman–Crippen LogP) is 0.305. The number of methoxy groups -OCH3 is 1. The monoisotopic (exact) mass is 317 g/mol. The van der Waals surface area contributed by atoms with Crippen LogP contribution in [0.2, 0.25) is 5.28 Å². The molecule has 0 radical (unpaired) electrons. The second-order valence-corrected chi connectivity index (χ2v) is 5.00. The summed E-state index contributed by atoms with van der Waals surface area (Å²) in [4.78, 5) is 11.8. The van der Waals surface area contributed by atoms with Gasteiger partial charge in [-0.05, 0) is 11.6 Å². The molecular weight excluding hydrogens is 305 g/mol. The van der Waals surface area contributed by atoms with Gasteiger partial charge in [-0.2, -0.15) is 9.97 Å². The fourth-order valence-electron chi connectivity index (χ4n) is 2.33. The summed E-state index contributed by atoms with van der Waals surface area (Å²) in [6.07, 6.45) is -3.50. The zero-order valence-electron chi connectivity index (χ0n) is 11.0. The van der Waals surface area contributed by atoms with Gasteiger partial charge in [0.2, 0.25) is 5.28 Å². The zero-order chi connectivity index (χ0) is 15.1. The standard InChI is InChI=1S/C11H13ClFN5O3/c1-20-2-4-7(19)5(13)10(21-4)18-3-15-6-8(14)16-11(12)17-9(6)18/h3-5,7,10,19H,2H2,1H3,(H2,14,16,17)/t4-,5+,7-,10?/m1/s1. The molecular formula is C11H13ClFN5O3. The van der Waals surface area contributed by atoms with Gasteiger partial charge in [0.25, 0.3) is 0 Å². The maximum absolute atomic E-state index is 14.3. The van der Waals surface area contributed by atoms with E-state index in [0.717, 1.165) is 0 Å². The van der Waals surface area contributed by atoms with E-state index in [0.29, 0.717) is 5.52 Å². The van der Waals surface area contributed by atoms with E-state index in [4.69, 9.17) is 26.8 Å². The van der Waals surface area contributed by atoms with Crippen LogP contribution in [-0.2, 0) is 9.47 Å². The van der Waals surface area contributed by atoms with Crippen LogP contribution < -0.4 is 5.73 Å². The van der Waals surface area contributed by atoms with Crippen molar-refractivity contribution in [3.8, 4) is 0 Å². The molecule has 21 heavy (non-hydrogen) atoms. The van der Waals surface area contributed by atoms with Gasteiger partial charge < -0.3 is 20.3 Å². The number of aliphatic hydroxyl groups excluding tert-OH is 1. The highest BCUT2D eigenvalue weighted by atomic mass is 35.5. The Labute approximate surface area is 123 Å². The van der Waals surface area contributed by atoms with Crippen molar-refractivity contribution in [1.29, 1.82) is 0 Å². The van der Waals surface area contributed by atoms with E-state index in [1.54, 1.807) is 0 Å². The molecule has 1 aliphatic rings. The topological polar surface area (TPSA) is 108 Å². The normalized spacial score (nSPS) is 29.3. The van der Waals surface area contributed by atoms with Gasteiger partial charge in [0.1, 0.15) is 17.7 Å². The highest BCUT2D eigenvalue weighted by Gasteiger charge is 2.45. The lowest BCUT2D eigenvalue weighted by molar-refractivity contribution is -0.0543. The minimum absolute atomic E-state index is 0.0720. The molecule has 0 spiro atoms. The van der Waals surface area contributed by atoms with Gasteiger partial charge in [-0.1, -0.05) is 0 Å². The summed E-state index contributed by atoms with van der Waals surface area (Å²) < 4.78 is 26.0. The number of anilines is 1. The van der Waals surface area contributed by atoms with Crippen LogP contribution in [0.4, 0.5) is 10.2 Å². The second kappa shape index (κ2) is 5.34. The van der Waals surface area contributed by atoms with Gasteiger partial charge in [-0.25, -0.2) is 9.37 Å². The Hall–Kier alpha value is -1.55.